The summed E-state index contributed by atoms with van der Waals surface area (Å²) in [6.45, 7) is 2.07. The number of nitrogens with one attached hydrogen (secondary N) is 1. The molecule has 0 fully saturated rings. The number of aromatic nitrogens is 2. The Morgan fingerprint density at radius 3 is 2.64 bits per heavy atom. The number of hydrogen-bond donors (Lipinski definition) is 3. The molecule has 1 heterocycles. The van der Waals surface area contributed by atoms with Crippen LogP contribution in [0.1, 0.15) is 5.56 Å². The van der Waals surface area contributed by atoms with Crippen molar-refractivity contribution in [1.82, 2.24) is 9.97 Å². The quantitative estimate of drug-likeness (QED) is 0.394. The summed E-state index contributed by atoms with van der Waals surface area (Å²) in [7, 11) is 1.77. The number of aromatic amines is 1. The third-order valence-electron chi connectivity index (χ3n) is 3.63. The fourth-order valence-electron chi connectivity index (χ4n) is 2.53. The number of nitrogens with two attached hydrogens (primary N) is 2. The Labute approximate surface area is 129 Å². The molecule has 0 saturated heterocycles. The van der Waals surface area contributed by atoms with E-state index in [1.54, 1.807) is 13.4 Å². The van der Waals surface area contributed by atoms with Gasteiger partial charge in [0.2, 0.25) is 0 Å². The summed E-state index contributed by atoms with van der Waals surface area (Å²) in [5, 5.41) is 1.52. The molecule has 0 unspecified atom stereocenters. The molecule has 112 valence electrons. The first-order chi connectivity index (χ1) is 10.6. The van der Waals surface area contributed by atoms with Crippen LogP contribution in [0.5, 0.6) is 0 Å². The molecule has 5 N–H and O–H groups in total. The van der Waals surface area contributed by atoms with Crippen molar-refractivity contribution in [3.63, 3.8) is 0 Å². The lowest BCUT2D eigenvalue weighted by atomic mass is 10.0. The highest BCUT2D eigenvalue weighted by Gasteiger charge is 2.12. The number of hydrazine groups is 1. The standard InChI is InChI=1S/C17H19N5/c1-11-4-3-5-12(8-11)16-17(21-10-20-16)13-6-7-14(18)15(9-13)22(2)19/h3-10H,18-19H2,1-2H3,(H,20,21). The number of imidazole rings is 1. The molecule has 0 atom stereocenters. The number of aryl methyl sites for hydroxylation is 1. The van der Waals surface area contributed by atoms with Crippen molar-refractivity contribution in [1.29, 1.82) is 0 Å². The van der Waals surface area contributed by atoms with Gasteiger partial charge in [-0.2, -0.15) is 0 Å². The van der Waals surface area contributed by atoms with Gasteiger partial charge in [0.1, 0.15) is 0 Å². The molecule has 0 amide bonds. The minimum Gasteiger partial charge on any atom is -0.397 e. The van der Waals surface area contributed by atoms with E-state index in [-0.39, 0.29) is 0 Å². The van der Waals surface area contributed by atoms with E-state index in [0.29, 0.717) is 5.69 Å². The largest absolute Gasteiger partial charge is 0.397 e. The number of anilines is 2. The lowest BCUT2D eigenvalue weighted by molar-refractivity contribution is 1.02. The van der Waals surface area contributed by atoms with Crippen LogP contribution in [0.25, 0.3) is 22.5 Å². The van der Waals surface area contributed by atoms with Crippen molar-refractivity contribution in [3.05, 3.63) is 54.4 Å². The summed E-state index contributed by atoms with van der Waals surface area (Å²) in [5.74, 6) is 5.83. The molecule has 0 radical (unpaired) electrons. The molecule has 3 aromatic rings. The van der Waals surface area contributed by atoms with E-state index < -0.39 is 0 Å². The molecule has 0 aliphatic heterocycles. The van der Waals surface area contributed by atoms with E-state index in [4.69, 9.17) is 11.6 Å². The van der Waals surface area contributed by atoms with Crippen molar-refractivity contribution in [2.45, 2.75) is 6.92 Å². The Morgan fingerprint density at radius 1 is 1.09 bits per heavy atom. The van der Waals surface area contributed by atoms with Gasteiger partial charge in [-0.3, -0.25) is 0 Å². The lowest BCUT2D eigenvalue weighted by Gasteiger charge is -2.16. The van der Waals surface area contributed by atoms with Crippen LogP contribution in [0.4, 0.5) is 11.4 Å². The Hall–Kier alpha value is -2.79. The minimum atomic E-state index is 0.644. The highest BCUT2D eigenvalue weighted by molar-refractivity contribution is 5.82. The van der Waals surface area contributed by atoms with Crippen LogP contribution >= 0.6 is 0 Å². The lowest BCUT2D eigenvalue weighted by Crippen LogP contribution is -2.25. The number of rotatable bonds is 3. The average Bonchev–Trinajstić information content (AvgIpc) is 2.97. The molecule has 5 heteroatoms. The zero-order valence-electron chi connectivity index (χ0n) is 12.7. The van der Waals surface area contributed by atoms with Crippen molar-refractivity contribution in [3.8, 4) is 22.5 Å². The van der Waals surface area contributed by atoms with Gasteiger partial charge in [-0.25, -0.2) is 10.8 Å². The van der Waals surface area contributed by atoms with Crippen LogP contribution in [-0.4, -0.2) is 17.0 Å². The molecule has 1 aromatic heterocycles. The maximum absolute atomic E-state index is 5.97. The van der Waals surface area contributed by atoms with Gasteiger partial charge in [0.15, 0.2) is 0 Å². The third-order valence-corrected chi connectivity index (χ3v) is 3.63. The molecule has 0 bridgehead atoms. The third kappa shape index (κ3) is 2.54. The van der Waals surface area contributed by atoms with Crippen LogP contribution < -0.4 is 16.6 Å². The van der Waals surface area contributed by atoms with E-state index in [1.165, 1.54) is 10.6 Å². The first kappa shape index (κ1) is 14.2. The van der Waals surface area contributed by atoms with Crippen LogP contribution in [0, 0.1) is 6.92 Å². The fourth-order valence-corrected chi connectivity index (χ4v) is 2.53. The predicted molar refractivity (Wildman–Crippen MR) is 91.2 cm³/mol. The summed E-state index contributed by atoms with van der Waals surface area (Å²) < 4.78 is 0. The van der Waals surface area contributed by atoms with Gasteiger partial charge in [-0.15, -0.1) is 0 Å². The van der Waals surface area contributed by atoms with E-state index in [0.717, 1.165) is 28.2 Å². The van der Waals surface area contributed by atoms with E-state index in [9.17, 15) is 0 Å². The Balaban J connectivity index is 2.11. The molecule has 0 aliphatic rings. The van der Waals surface area contributed by atoms with Crippen molar-refractivity contribution >= 4 is 11.4 Å². The van der Waals surface area contributed by atoms with Gasteiger partial charge in [-0.1, -0.05) is 29.8 Å². The van der Waals surface area contributed by atoms with E-state index in [2.05, 4.69) is 35.1 Å². The number of H-pyrrole nitrogens is 1. The summed E-state index contributed by atoms with van der Waals surface area (Å²) >= 11 is 0. The SMILES string of the molecule is Cc1cccc(-c2nc[nH]c2-c2ccc(N)c(N(C)N)c2)c1. The first-order valence-corrected chi connectivity index (χ1v) is 7.05. The van der Waals surface area contributed by atoms with Crippen LogP contribution in [-0.2, 0) is 0 Å². The average molecular weight is 293 g/mol. The predicted octanol–water partition coefficient (Wildman–Crippen LogP) is 2.94. The second kappa shape index (κ2) is 5.54. The van der Waals surface area contributed by atoms with E-state index >= 15 is 0 Å². The molecular formula is C17H19N5. The maximum atomic E-state index is 5.97. The Bertz CT molecular complexity index is 804. The summed E-state index contributed by atoms with van der Waals surface area (Å²) in [6, 6.07) is 14.1. The summed E-state index contributed by atoms with van der Waals surface area (Å²) in [6.07, 6.45) is 1.70. The number of nitrogens with zero attached hydrogens (tertiary/aromatic N) is 2. The van der Waals surface area contributed by atoms with Gasteiger partial charge in [0.05, 0.1) is 29.1 Å². The molecule has 22 heavy (non-hydrogen) atoms. The van der Waals surface area contributed by atoms with Crippen molar-refractivity contribution < 1.29 is 0 Å². The number of hydrogen-bond acceptors (Lipinski definition) is 4. The molecule has 3 rings (SSSR count). The smallest absolute Gasteiger partial charge is 0.0961 e. The van der Waals surface area contributed by atoms with Gasteiger partial charge in [0.25, 0.3) is 0 Å². The molecule has 0 spiro atoms. The first-order valence-electron chi connectivity index (χ1n) is 7.05. The monoisotopic (exact) mass is 293 g/mol. The molecule has 0 saturated carbocycles. The molecular weight excluding hydrogens is 274 g/mol. The van der Waals surface area contributed by atoms with E-state index in [1.807, 2.05) is 24.3 Å². The molecule has 2 aromatic carbocycles. The Kier molecular flexibility index (Phi) is 3.56. The van der Waals surface area contributed by atoms with Crippen LogP contribution in [0.3, 0.4) is 0 Å². The highest BCUT2D eigenvalue weighted by Crippen LogP contribution is 2.33. The number of benzene rings is 2. The molecule has 0 aliphatic carbocycles. The fraction of sp³-hybridized carbons (Fsp3) is 0.118. The zero-order chi connectivity index (χ0) is 15.7. The zero-order valence-corrected chi connectivity index (χ0v) is 12.7. The number of nitrogen functional groups attached to an aromatic ring is 1. The van der Waals surface area contributed by atoms with Crippen LogP contribution in [0.15, 0.2) is 48.8 Å². The Morgan fingerprint density at radius 2 is 1.91 bits per heavy atom. The second-order valence-electron chi connectivity index (χ2n) is 5.38. The molecule has 5 nitrogen and oxygen atoms in total. The summed E-state index contributed by atoms with van der Waals surface area (Å²) in [4.78, 5) is 7.68. The normalized spacial score (nSPS) is 10.7. The van der Waals surface area contributed by atoms with Gasteiger partial charge in [0, 0.05) is 18.2 Å². The van der Waals surface area contributed by atoms with Gasteiger partial charge in [-0.05, 0) is 25.1 Å². The maximum Gasteiger partial charge on any atom is 0.0961 e. The van der Waals surface area contributed by atoms with Crippen molar-refractivity contribution in [2.75, 3.05) is 17.8 Å². The van der Waals surface area contributed by atoms with Crippen molar-refractivity contribution in [2.24, 2.45) is 5.84 Å². The highest BCUT2D eigenvalue weighted by atomic mass is 15.4. The van der Waals surface area contributed by atoms with Gasteiger partial charge < -0.3 is 15.7 Å². The summed E-state index contributed by atoms with van der Waals surface area (Å²) in [5.41, 5.74) is 12.5. The van der Waals surface area contributed by atoms with Gasteiger partial charge >= 0.3 is 0 Å². The van der Waals surface area contributed by atoms with Crippen LogP contribution in [0.2, 0.25) is 0 Å². The minimum absolute atomic E-state index is 0.644. The topological polar surface area (TPSA) is 84.0 Å². The second-order valence-corrected chi connectivity index (χ2v) is 5.38.